The molecule has 0 N–H and O–H groups in total. The van der Waals surface area contributed by atoms with Gasteiger partial charge in [-0.25, -0.2) is 9.78 Å². The van der Waals surface area contributed by atoms with Gasteiger partial charge in [-0.1, -0.05) is 19.9 Å². The molecule has 0 bridgehead atoms. The summed E-state index contributed by atoms with van der Waals surface area (Å²) in [6.45, 7) is 6.63. The van der Waals surface area contributed by atoms with Crippen LogP contribution in [0.25, 0.3) is 11.3 Å². The summed E-state index contributed by atoms with van der Waals surface area (Å²) in [4.78, 5) is 17.8. The highest BCUT2D eigenvalue weighted by Gasteiger charge is 2.28. The van der Waals surface area contributed by atoms with E-state index in [-0.39, 0.29) is 5.41 Å². The number of carbonyl (C=O) groups is 1. The first-order chi connectivity index (χ1) is 12.0. The third kappa shape index (κ3) is 3.43. The third-order valence-electron chi connectivity index (χ3n) is 4.52. The van der Waals surface area contributed by atoms with Gasteiger partial charge in [0.05, 0.1) is 17.9 Å². The van der Waals surface area contributed by atoms with Gasteiger partial charge in [-0.15, -0.1) is 18.2 Å². The van der Waals surface area contributed by atoms with Crippen molar-refractivity contribution in [1.82, 2.24) is 4.98 Å². The van der Waals surface area contributed by atoms with Crippen molar-refractivity contribution in [2.24, 2.45) is 0 Å². The molecule has 0 radical (unpaired) electrons. The Labute approximate surface area is 153 Å². The molecule has 2 heterocycles. The minimum atomic E-state index is -0.433. The molecule has 128 valence electrons. The van der Waals surface area contributed by atoms with Gasteiger partial charge in [0.1, 0.15) is 5.69 Å². The van der Waals surface area contributed by atoms with E-state index in [0.717, 1.165) is 23.4 Å². The zero-order valence-corrected chi connectivity index (χ0v) is 15.6. The number of hydrogen-bond donors (Lipinski definition) is 0. The Kier molecular flexibility index (Phi) is 4.87. The van der Waals surface area contributed by atoms with Gasteiger partial charge in [-0.2, -0.15) is 0 Å². The van der Waals surface area contributed by atoms with Crippen LogP contribution in [-0.2, 0) is 10.2 Å². The van der Waals surface area contributed by atoms with E-state index in [1.807, 2.05) is 17.8 Å². The van der Waals surface area contributed by atoms with Crippen molar-refractivity contribution in [2.75, 3.05) is 12.4 Å². The van der Waals surface area contributed by atoms with E-state index in [9.17, 15) is 4.79 Å². The zero-order valence-electron chi connectivity index (χ0n) is 14.8. The van der Waals surface area contributed by atoms with Gasteiger partial charge >= 0.3 is 5.97 Å². The Morgan fingerprint density at radius 3 is 2.88 bits per heavy atom. The van der Waals surface area contributed by atoms with Crippen LogP contribution in [-0.4, -0.2) is 23.3 Å². The minimum absolute atomic E-state index is 0.149. The smallest absolute Gasteiger partial charge is 0.341 e. The molecule has 0 fully saturated rings. The van der Waals surface area contributed by atoms with Crippen molar-refractivity contribution >= 4 is 17.7 Å². The number of thioether (sulfide) groups is 1. The SMILES string of the molecule is C#Cc1nc(-c2ccc3c(c2)C(C)(C)CCS3)ccc1C(=O)OCC. The molecule has 2 aromatic rings. The summed E-state index contributed by atoms with van der Waals surface area (Å²) >= 11 is 1.90. The summed E-state index contributed by atoms with van der Waals surface area (Å²) in [6, 6.07) is 9.97. The Balaban J connectivity index is 2.03. The lowest BCUT2D eigenvalue weighted by atomic mass is 9.81. The van der Waals surface area contributed by atoms with Gasteiger partial charge in [0, 0.05) is 10.5 Å². The van der Waals surface area contributed by atoms with Crippen molar-refractivity contribution in [3.63, 3.8) is 0 Å². The Bertz CT molecular complexity index is 865. The van der Waals surface area contributed by atoms with E-state index >= 15 is 0 Å². The van der Waals surface area contributed by atoms with Gasteiger partial charge in [0.2, 0.25) is 0 Å². The van der Waals surface area contributed by atoms with Gasteiger partial charge in [0.25, 0.3) is 0 Å². The summed E-state index contributed by atoms with van der Waals surface area (Å²) in [7, 11) is 0. The second-order valence-corrected chi connectivity index (χ2v) is 7.79. The quantitative estimate of drug-likeness (QED) is 0.594. The molecular weight excluding hydrogens is 330 g/mol. The second-order valence-electron chi connectivity index (χ2n) is 6.65. The standard InChI is InChI=1S/C21H21NO2S/c1-5-17-15(20(23)24-6-2)8-9-18(22-17)14-7-10-19-16(13-14)21(3,4)11-12-25-19/h1,7-10,13H,6,11-12H2,2-4H3. The second kappa shape index (κ2) is 6.93. The predicted molar refractivity (Wildman–Crippen MR) is 102 cm³/mol. The summed E-state index contributed by atoms with van der Waals surface area (Å²) in [5, 5.41) is 0. The van der Waals surface area contributed by atoms with Crippen LogP contribution in [0, 0.1) is 12.3 Å². The lowest BCUT2D eigenvalue weighted by Gasteiger charge is -2.32. The predicted octanol–water partition coefficient (Wildman–Crippen LogP) is 4.68. The highest BCUT2D eigenvalue weighted by Crippen LogP contribution is 2.42. The van der Waals surface area contributed by atoms with Crippen LogP contribution in [0.4, 0.5) is 0 Å². The molecule has 4 heteroatoms. The van der Waals surface area contributed by atoms with Crippen LogP contribution in [0.1, 0.15) is 48.8 Å². The van der Waals surface area contributed by atoms with Gasteiger partial charge in [-0.3, -0.25) is 0 Å². The van der Waals surface area contributed by atoms with Crippen LogP contribution in [0.3, 0.4) is 0 Å². The summed E-state index contributed by atoms with van der Waals surface area (Å²) < 4.78 is 5.04. The maximum absolute atomic E-state index is 12.0. The summed E-state index contributed by atoms with van der Waals surface area (Å²) in [5.41, 5.74) is 3.94. The topological polar surface area (TPSA) is 39.2 Å². The average molecular weight is 351 g/mol. The number of benzene rings is 1. The van der Waals surface area contributed by atoms with Gasteiger partial charge < -0.3 is 4.74 Å². The van der Waals surface area contributed by atoms with Crippen molar-refractivity contribution in [1.29, 1.82) is 0 Å². The lowest BCUT2D eigenvalue weighted by molar-refractivity contribution is 0.0525. The number of esters is 1. The van der Waals surface area contributed by atoms with Crippen molar-refractivity contribution in [3.8, 4) is 23.6 Å². The van der Waals surface area contributed by atoms with Crippen LogP contribution >= 0.6 is 11.8 Å². The molecular formula is C21H21NO2S. The first-order valence-electron chi connectivity index (χ1n) is 8.38. The summed E-state index contributed by atoms with van der Waals surface area (Å²) in [6.07, 6.45) is 6.71. The third-order valence-corrected chi connectivity index (χ3v) is 5.59. The molecule has 3 rings (SSSR count). The van der Waals surface area contributed by atoms with E-state index < -0.39 is 5.97 Å². The maximum atomic E-state index is 12.0. The molecule has 1 aromatic carbocycles. The highest BCUT2D eigenvalue weighted by molar-refractivity contribution is 7.99. The largest absolute Gasteiger partial charge is 0.462 e. The lowest BCUT2D eigenvalue weighted by Crippen LogP contribution is -2.22. The maximum Gasteiger partial charge on any atom is 0.341 e. The summed E-state index contributed by atoms with van der Waals surface area (Å²) in [5.74, 6) is 3.22. The van der Waals surface area contributed by atoms with E-state index in [1.54, 1.807) is 13.0 Å². The molecule has 1 aliphatic rings. The molecule has 0 saturated heterocycles. The molecule has 0 atom stereocenters. The number of pyridine rings is 1. The molecule has 0 spiro atoms. The Morgan fingerprint density at radius 1 is 1.36 bits per heavy atom. The fourth-order valence-electron chi connectivity index (χ4n) is 3.00. The van der Waals surface area contributed by atoms with Crippen LogP contribution in [0.2, 0.25) is 0 Å². The molecule has 25 heavy (non-hydrogen) atoms. The number of hydrogen-bond acceptors (Lipinski definition) is 4. The van der Waals surface area contributed by atoms with E-state index in [1.165, 1.54) is 10.5 Å². The van der Waals surface area contributed by atoms with E-state index in [0.29, 0.717) is 17.9 Å². The number of ether oxygens (including phenoxy) is 1. The normalized spacial score (nSPS) is 15.1. The van der Waals surface area contributed by atoms with Crippen molar-refractivity contribution < 1.29 is 9.53 Å². The van der Waals surface area contributed by atoms with Crippen LogP contribution in [0.15, 0.2) is 35.2 Å². The molecule has 1 aliphatic heterocycles. The Hall–Kier alpha value is -2.25. The molecule has 0 aliphatic carbocycles. The molecule has 0 saturated carbocycles. The fourth-order valence-corrected chi connectivity index (χ4v) is 4.49. The number of rotatable bonds is 3. The number of fused-ring (bicyclic) bond motifs is 1. The molecule has 0 amide bonds. The van der Waals surface area contributed by atoms with E-state index in [4.69, 9.17) is 11.2 Å². The fraction of sp³-hybridized carbons (Fsp3) is 0.333. The monoisotopic (exact) mass is 351 g/mol. The van der Waals surface area contributed by atoms with Crippen molar-refractivity contribution in [3.05, 3.63) is 47.2 Å². The number of aromatic nitrogens is 1. The van der Waals surface area contributed by atoms with Crippen molar-refractivity contribution in [2.45, 2.75) is 37.5 Å². The van der Waals surface area contributed by atoms with Gasteiger partial charge in [0.15, 0.2) is 0 Å². The molecule has 0 unspecified atom stereocenters. The molecule has 3 nitrogen and oxygen atoms in total. The number of carbonyl (C=O) groups excluding carboxylic acids is 1. The number of nitrogens with zero attached hydrogens (tertiary/aromatic N) is 1. The minimum Gasteiger partial charge on any atom is -0.462 e. The highest BCUT2D eigenvalue weighted by atomic mass is 32.2. The van der Waals surface area contributed by atoms with Crippen LogP contribution < -0.4 is 0 Å². The zero-order chi connectivity index (χ0) is 18.0. The first kappa shape index (κ1) is 17.6. The van der Waals surface area contributed by atoms with E-state index in [2.05, 4.69) is 43.0 Å². The van der Waals surface area contributed by atoms with Gasteiger partial charge in [-0.05, 0) is 60.3 Å². The Morgan fingerprint density at radius 2 is 2.16 bits per heavy atom. The average Bonchev–Trinajstić information content (AvgIpc) is 2.61. The number of terminal acetylenes is 1. The molecule has 1 aromatic heterocycles. The first-order valence-corrected chi connectivity index (χ1v) is 9.37. The van der Waals surface area contributed by atoms with Crippen LogP contribution in [0.5, 0.6) is 0 Å².